The molecule has 1 unspecified atom stereocenters. The van der Waals surface area contributed by atoms with Crippen LogP contribution < -0.4 is 0 Å². The Morgan fingerprint density at radius 2 is 1.32 bits per heavy atom. The van der Waals surface area contributed by atoms with Gasteiger partial charge in [0.1, 0.15) is 10.7 Å². The van der Waals surface area contributed by atoms with E-state index in [1.807, 2.05) is 0 Å². The Morgan fingerprint density at radius 1 is 0.857 bits per heavy atom. The molecule has 28 heavy (non-hydrogen) atoms. The van der Waals surface area contributed by atoms with Crippen LogP contribution in [0, 0.1) is 0 Å². The Balaban J connectivity index is 3.77. The SMILES string of the molecule is CC[N+](CC)=C(C)N=S(c1ccccc1)C(F)(F)C(F)(F)C(F)(F)C(F)(F)F. The second-order valence-corrected chi connectivity index (χ2v) is 7.31. The monoisotopic (exact) mass is 441 g/mol. The minimum atomic E-state index is -6.96. The van der Waals surface area contributed by atoms with Gasteiger partial charge in [0.2, 0.25) is 0 Å². The van der Waals surface area contributed by atoms with E-state index in [0.29, 0.717) is 0 Å². The van der Waals surface area contributed by atoms with Crippen molar-refractivity contribution in [2.24, 2.45) is 4.36 Å². The second-order valence-electron chi connectivity index (χ2n) is 5.57. The molecule has 0 aliphatic carbocycles. The van der Waals surface area contributed by atoms with E-state index >= 15 is 0 Å². The maximum absolute atomic E-state index is 14.6. The van der Waals surface area contributed by atoms with E-state index in [-0.39, 0.29) is 18.9 Å². The van der Waals surface area contributed by atoms with Crippen molar-refractivity contribution in [3.63, 3.8) is 0 Å². The van der Waals surface area contributed by atoms with Crippen molar-refractivity contribution in [3.05, 3.63) is 30.3 Å². The van der Waals surface area contributed by atoms with Crippen LogP contribution in [0.4, 0.5) is 39.5 Å². The van der Waals surface area contributed by atoms with Gasteiger partial charge in [0.15, 0.2) is 0 Å². The Morgan fingerprint density at radius 3 is 1.71 bits per heavy atom. The number of hydrogen-bond acceptors (Lipinski definition) is 0. The third kappa shape index (κ3) is 4.36. The van der Waals surface area contributed by atoms with Crippen LogP contribution in [0.2, 0.25) is 0 Å². The van der Waals surface area contributed by atoms with E-state index in [9.17, 15) is 39.5 Å². The Hall–Kier alpha value is -1.59. The molecule has 1 aromatic rings. The number of alkyl halides is 9. The molecule has 0 heterocycles. The highest BCUT2D eigenvalue weighted by Crippen LogP contribution is 2.55. The van der Waals surface area contributed by atoms with Gasteiger partial charge < -0.3 is 0 Å². The Labute approximate surface area is 158 Å². The Kier molecular flexibility index (Phi) is 7.35. The highest BCUT2D eigenvalue weighted by atomic mass is 32.2. The summed E-state index contributed by atoms with van der Waals surface area (Å²) in [5, 5.41) is -5.82. The summed E-state index contributed by atoms with van der Waals surface area (Å²) in [4.78, 5) is -0.600. The maximum atomic E-state index is 14.6. The van der Waals surface area contributed by atoms with Gasteiger partial charge in [-0.1, -0.05) is 18.2 Å². The lowest BCUT2D eigenvalue weighted by atomic mass is 10.1. The van der Waals surface area contributed by atoms with Gasteiger partial charge in [-0.2, -0.15) is 39.5 Å². The molecule has 0 saturated carbocycles. The molecular formula is C16H18F9N2S+. The highest BCUT2D eigenvalue weighted by Gasteiger charge is 2.83. The number of benzene rings is 1. The third-order valence-electron chi connectivity index (χ3n) is 3.77. The lowest BCUT2D eigenvalue weighted by Crippen LogP contribution is -2.62. The first-order valence-corrected chi connectivity index (χ1v) is 9.13. The van der Waals surface area contributed by atoms with Crippen molar-refractivity contribution in [3.8, 4) is 0 Å². The minimum Gasteiger partial charge on any atom is -0.262 e. The van der Waals surface area contributed by atoms with Crippen LogP contribution in [0.25, 0.3) is 0 Å². The zero-order valence-electron chi connectivity index (χ0n) is 15.0. The van der Waals surface area contributed by atoms with Crippen molar-refractivity contribution in [1.82, 2.24) is 0 Å². The number of halogens is 9. The van der Waals surface area contributed by atoms with Gasteiger partial charge in [-0.15, -0.1) is 0 Å². The zero-order valence-corrected chi connectivity index (χ0v) is 15.8. The molecule has 0 aliphatic rings. The molecule has 160 valence electrons. The summed E-state index contributed by atoms with van der Waals surface area (Å²) in [6, 6.07) is 5.49. The standard InChI is InChI=1S/C16H18F9N2S/c1-4-27(5-2)11(3)26-28(12-9-7-6-8-10-12)16(24,25)14(19,20)13(17,18)15(21,22)23/h6-10H,4-5H2,1-3H3/q+1. The van der Waals surface area contributed by atoms with Crippen LogP contribution in [0.15, 0.2) is 39.6 Å². The molecule has 0 N–H and O–H groups in total. The molecule has 0 spiro atoms. The second kappa shape index (κ2) is 8.42. The lowest BCUT2D eigenvalue weighted by molar-refractivity contribution is -0.521. The summed E-state index contributed by atoms with van der Waals surface area (Å²) in [6.07, 6.45) is -6.87. The van der Waals surface area contributed by atoms with Crippen molar-refractivity contribution < 1.29 is 44.1 Å². The first-order valence-electron chi connectivity index (χ1n) is 7.95. The molecule has 2 nitrogen and oxygen atoms in total. The highest BCUT2D eigenvalue weighted by molar-refractivity contribution is 7.88. The van der Waals surface area contributed by atoms with Crippen molar-refractivity contribution >= 4 is 16.5 Å². The maximum Gasteiger partial charge on any atom is 0.460 e. The minimum absolute atomic E-state index is 0.192. The normalized spacial score (nSPS) is 14.9. The van der Waals surface area contributed by atoms with Crippen LogP contribution in [-0.2, 0) is 10.7 Å². The van der Waals surface area contributed by atoms with Crippen LogP contribution in [0.3, 0.4) is 0 Å². The van der Waals surface area contributed by atoms with E-state index in [0.717, 1.165) is 24.3 Å². The van der Waals surface area contributed by atoms with Crippen molar-refractivity contribution in [2.45, 2.75) is 48.9 Å². The molecule has 0 amide bonds. The first kappa shape index (κ1) is 24.4. The fourth-order valence-electron chi connectivity index (χ4n) is 2.16. The predicted molar refractivity (Wildman–Crippen MR) is 87.4 cm³/mol. The zero-order chi connectivity index (χ0) is 22.0. The molecule has 1 aromatic carbocycles. The van der Waals surface area contributed by atoms with E-state index in [1.165, 1.54) is 17.6 Å². The van der Waals surface area contributed by atoms with Gasteiger partial charge in [-0.05, 0) is 30.3 Å². The van der Waals surface area contributed by atoms with Crippen molar-refractivity contribution in [1.29, 1.82) is 0 Å². The van der Waals surface area contributed by atoms with Crippen LogP contribution >= 0.6 is 0 Å². The molecule has 0 radical (unpaired) electrons. The lowest BCUT2D eigenvalue weighted by Gasteiger charge is -2.33. The topological polar surface area (TPSA) is 15.4 Å². The van der Waals surface area contributed by atoms with Crippen LogP contribution in [0.5, 0.6) is 0 Å². The molecular weight excluding hydrogens is 423 g/mol. The van der Waals surface area contributed by atoms with Gasteiger partial charge in [-0.3, -0.25) is 4.58 Å². The van der Waals surface area contributed by atoms with Gasteiger partial charge in [0.05, 0.1) is 13.1 Å². The summed E-state index contributed by atoms with van der Waals surface area (Å²) in [6.45, 7) is 4.87. The summed E-state index contributed by atoms with van der Waals surface area (Å²) < 4.78 is 126. The average molecular weight is 441 g/mol. The summed E-state index contributed by atoms with van der Waals surface area (Å²) in [7, 11) is -3.32. The molecule has 0 aliphatic heterocycles. The largest absolute Gasteiger partial charge is 0.460 e. The summed E-state index contributed by atoms with van der Waals surface area (Å²) in [5.74, 6) is -13.9. The van der Waals surface area contributed by atoms with E-state index < -0.39 is 38.9 Å². The van der Waals surface area contributed by atoms with E-state index in [1.54, 1.807) is 13.8 Å². The molecule has 0 aromatic heterocycles. The molecule has 0 bridgehead atoms. The molecule has 1 atom stereocenters. The van der Waals surface area contributed by atoms with Crippen molar-refractivity contribution in [2.75, 3.05) is 13.1 Å². The Bertz CT molecular complexity index is 734. The fourth-order valence-corrected chi connectivity index (χ4v) is 3.84. The molecule has 12 heteroatoms. The summed E-state index contributed by atoms with van der Waals surface area (Å²) in [5.41, 5.74) is 0. The van der Waals surface area contributed by atoms with Gasteiger partial charge in [0.25, 0.3) is 5.84 Å². The number of nitrogens with zero attached hydrogens (tertiary/aromatic N) is 2. The van der Waals surface area contributed by atoms with Gasteiger partial charge in [0, 0.05) is 11.8 Å². The number of rotatable bonds is 6. The molecule has 1 rings (SSSR count). The fraction of sp³-hybridized carbons (Fsp3) is 0.562. The smallest absolute Gasteiger partial charge is 0.262 e. The predicted octanol–water partition coefficient (Wildman–Crippen LogP) is 5.74. The molecule has 0 saturated heterocycles. The number of amidine groups is 1. The van der Waals surface area contributed by atoms with Crippen LogP contribution in [-0.4, -0.2) is 46.8 Å². The number of hydrogen-bond donors (Lipinski definition) is 0. The summed E-state index contributed by atoms with van der Waals surface area (Å²) >= 11 is 0. The van der Waals surface area contributed by atoms with E-state index in [2.05, 4.69) is 4.36 Å². The van der Waals surface area contributed by atoms with Gasteiger partial charge in [-0.25, -0.2) is 0 Å². The van der Waals surface area contributed by atoms with Crippen LogP contribution in [0.1, 0.15) is 20.8 Å². The quantitative estimate of drug-likeness (QED) is 0.232. The molecule has 0 fully saturated rings. The third-order valence-corrected chi connectivity index (χ3v) is 5.68. The van der Waals surface area contributed by atoms with E-state index in [4.69, 9.17) is 0 Å². The average Bonchev–Trinajstić information content (AvgIpc) is 2.60. The first-order chi connectivity index (χ1) is 12.6. The van der Waals surface area contributed by atoms with Gasteiger partial charge >= 0.3 is 23.3 Å².